The second-order valence-electron chi connectivity index (χ2n) is 3.70. The number of amides is 2. The first-order chi connectivity index (χ1) is 8.56. The third kappa shape index (κ3) is 3.65. The largest absolute Gasteiger partial charge is 0.507 e. The topological polar surface area (TPSA) is 98.7 Å². The van der Waals surface area contributed by atoms with Gasteiger partial charge in [-0.05, 0) is 18.6 Å². The number of benzene rings is 1. The molecule has 0 unspecified atom stereocenters. The van der Waals surface area contributed by atoms with Gasteiger partial charge in [0.2, 0.25) is 5.91 Å². The lowest BCUT2D eigenvalue weighted by molar-refractivity contribution is -0.120. The van der Waals surface area contributed by atoms with E-state index < -0.39 is 5.91 Å². The second kappa shape index (κ2) is 6.48. The lowest BCUT2D eigenvalue weighted by atomic mass is 10.1. The zero-order valence-corrected chi connectivity index (χ0v) is 10.1. The number of phenolic OH excluding ortho intramolecular Hbond substituents is 2. The van der Waals surface area contributed by atoms with Crippen molar-refractivity contribution in [1.29, 1.82) is 0 Å². The second-order valence-corrected chi connectivity index (χ2v) is 3.70. The Kier molecular flexibility index (Phi) is 4.98. The van der Waals surface area contributed by atoms with E-state index in [-0.39, 0.29) is 29.5 Å². The van der Waals surface area contributed by atoms with E-state index in [9.17, 15) is 19.8 Å². The van der Waals surface area contributed by atoms with Crippen molar-refractivity contribution in [3.63, 3.8) is 0 Å². The summed E-state index contributed by atoms with van der Waals surface area (Å²) in [5, 5.41) is 23.8. The van der Waals surface area contributed by atoms with Gasteiger partial charge in [0.05, 0.1) is 6.54 Å². The number of nitrogens with one attached hydrogen (secondary N) is 2. The molecule has 4 N–H and O–H groups in total. The van der Waals surface area contributed by atoms with Crippen LogP contribution in [0.1, 0.15) is 23.7 Å². The molecular formula is C12H16N2O4. The van der Waals surface area contributed by atoms with Crippen LogP contribution in [0, 0.1) is 0 Å². The fraction of sp³-hybridized carbons (Fsp3) is 0.333. The van der Waals surface area contributed by atoms with Gasteiger partial charge in [-0.1, -0.05) is 13.0 Å². The molecular weight excluding hydrogens is 236 g/mol. The third-order valence-electron chi connectivity index (χ3n) is 2.23. The number of carbonyl (C=O) groups is 2. The molecule has 0 atom stereocenters. The van der Waals surface area contributed by atoms with E-state index >= 15 is 0 Å². The summed E-state index contributed by atoms with van der Waals surface area (Å²) in [6, 6.07) is 3.98. The van der Waals surface area contributed by atoms with Crippen molar-refractivity contribution in [2.24, 2.45) is 0 Å². The standard InChI is InChI=1S/C12H16N2O4/c1-2-6-13-10(17)7-14-12(18)11-8(15)4-3-5-9(11)16/h3-5,15-16H,2,6-7H2,1H3,(H,13,17)(H,14,18). The summed E-state index contributed by atoms with van der Waals surface area (Å²) in [6.07, 6.45) is 0.806. The van der Waals surface area contributed by atoms with E-state index in [1.54, 1.807) is 0 Å². The van der Waals surface area contributed by atoms with Crippen LogP contribution in [0.4, 0.5) is 0 Å². The fourth-order valence-electron chi connectivity index (χ4n) is 1.34. The van der Waals surface area contributed by atoms with Crippen molar-refractivity contribution in [3.8, 4) is 11.5 Å². The Morgan fingerprint density at radius 3 is 2.33 bits per heavy atom. The Morgan fingerprint density at radius 1 is 1.17 bits per heavy atom. The van der Waals surface area contributed by atoms with Gasteiger partial charge in [0, 0.05) is 6.54 Å². The first-order valence-corrected chi connectivity index (χ1v) is 5.62. The zero-order valence-electron chi connectivity index (χ0n) is 10.1. The molecule has 18 heavy (non-hydrogen) atoms. The number of rotatable bonds is 5. The summed E-state index contributed by atoms with van der Waals surface area (Å²) in [4.78, 5) is 22.9. The highest BCUT2D eigenvalue weighted by atomic mass is 16.3. The van der Waals surface area contributed by atoms with Gasteiger partial charge in [-0.15, -0.1) is 0 Å². The van der Waals surface area contributed by atoms with Crippen LogP contribution in [0.2, 0.25) is 0 Å². The van der Waals surface area contributed by atoms with Gasteiger partial charge in [-0.3, -0.25) is 9.59 Å². The maximum Gasteiger partial charge on any atom is 0.259 e. The van der Waals surface area contributed by atoms with Gasteiger partial charge in [0.15, 0.2) is 0 Å². The summed E-state index contributed by atoms with van der Waals surface area (Å²) >= 11 is 0. The van der Waals surface area contributed by atoms with E-state index in [0.717, 1.165) is 6.42 Å². The molecule has 2 amide bonds. The maximum absolute atomic E-state index is 11.7. The normalized spacial score (nSPS) is 9.83. The van der Waals surface area contributed by atoms with Gasteiger partial charge >= 0.3 is 0 Å². The molecule has 0 saturated carbocycles. The number of carbonyl (C=O) groups excluding carboxylic acids is 2. The minimum Gasteiger partial charge on any atom is -0.507 e. The van der Waals surface area contributed by atoms with E-state index in [4.69, 9.17) is 0 Å². The minimum absolute atomic E-state index is 0.202. The van der Waals surface area contributed by atoms with Gasteiger partial charge in [0.1, 0.15) is 17.1 Å². The summed E-state index contributed by atoms with van der Waals surface area (Å²) in [7, 11) is 0. The molecule has 0 heterocycles. The Bertz CT molecular complexity index is 425. The summed E-state index contributed by atoms with van der Waals surface area (Å²) in [5.41, 5.74) is -0.235. The molecule has 0 aliphatic rings. The molecule has 0 bridgehead atoms. The minimum atomic E-state index is -0.697. The number of hydrogen-bond donors (Lipinski definition) is 4. The van der Waals surface area contributed by atoms with Crippen molar-refractivity contribution < 1.29 is 19.8 Å². The monoisotopic (exact) mass is 252 g/mol. The first-order valence-electron chi connectivity index (χ1n) is 5.62. The molecule has 0 radical (unpaired) electrons. The highest BCUT2D eigenvalue weighted by Gasteiger charge is 2.16. The van der Waals surface area contributed by atoms with E-state index in [0.29, 0.717) is 6.54 Å². The number of phenols is 2. The average molecular weight is 252 g/mol. The molecule has 1 aromatic carbocycles. The van der Waals surface area contributed by atoms with Crippen LogP contribution in [0.5, 0.6) is 11.5 Å². The molecule has 98 valence electrons. The SMILES string of the molecule is CCCNC(=O)CNC(=O)c1c(O)cccc1O. The molecule has 0 fully saturated rings. The molecule has 0 saturated heterocycles. The number of hydrogen-bond acceptors (Lipinski definition) is 4. The quantitative estimate of drug-likeness (QED) is 0.608. The van der Waals surface area contributed by atoms with Crippen LogP contribution >= 0.6 is 0 Å². The Hall–Kier alpha value is -2.24. The smallest absolute Gasteiger partial charge is 0.259 e. The molecule has 0 aliphatic heterocycles. The number of aromatic hydroxyl groups is 2. The van der Waals surface area contributed by atoms with Crippen LogP contribution in [-0.2, 0) is 4.79 Å². The van der Waals surface area contributed by atoms with Crippen molar-refractivity contribution in [2.45, 2.75) is 13.3 Å². The van der Waals surface area contributed by atoms with E-state index in [1.165, 1.54) is 18.2 Å². The van der Waals surface area contributed by atoms with E-state index in [2.05, 4.69) is 10.6 Å². The lowest BCUT2D eigenvalue weighted by Gasteiger charge is -2.08. The van der Waals surface area contributed by atoms with E-state index in [1.807, 2.05) is 6.92 Å². The van der Waals surface area contributed by atoms with Crippen LogP contribution in [-0.4, -0.2) is 35.1 Å². The van der Waals surface area contributed by atoms with Crippen molar-refractivity contribution in [1.82, 2.24) is 10.6 Å². The van der Waals surface area contributed by atoms with Gasteiger partial charge < -0.3 is 20.8 Å². The van der Waals surface area contributed by atoms with Crippen molar-refractivity contribution in [3.05, 3.63) is 23.8 Å². The van der Waals surface area contributed by atoms with Crippen molar-refractivity contribution in [2.75, 3.05) is 13.1 Å². The zero-order chi connectivity index (χ0) is 13.5. The summed E-state index contributed by atoms with van der Waals surface area (Å²) < 4.78 is 0. The molecule has 0 aromatic heterocycles. The van der Waals surface area contributed by atoms with Crippen LogP contribution in [0.15, 0.2) is 18.2 Å². The maximum atomic E-state index is 11.7. The Balaban J connectivity index is 2.58. The van der Waals surface area contributed by atoms with Gasteiger partial charge in [-0.25, -0.2) is 0 Å². The molecule has 0 aliphatic carbocycles. The predicted molar refractivity (Wildman–Crippen MR) is 65.4 cm³/mol. The average Bonchev–Trinajstić information content (AvgIpc) is 2.33. The van der Waals surface area contributed by atoms with Crippen LogP contribution in [0.25, 0.3) is 0 Å². The van der Waals surface area contributed by atoms with Crippen LogP contribution in [0.3, 0.4) is 0 Å². The summed E-state index contributed by atoms with van der Waals surface area (Å²) in [5.74, 6) is -1.68. The fourth-order valence-corrected chi connectivity index (χ4v) is 1.34. The van der Waals surface area contributed by atoms with Gasteiger partial charge in [0.25, 0.3) is 5.91 Å². The molecule has 6 heteroatoms. The molecule has 1 rings (SSSR count). The molecule has 1 aromatic rings. The lowest BCUT2D eigenvalue weighted by Crippen LogP contribution is -2.37. The summed E-state index contributed by atoms with van der Waals surface area (Å²) in [6.45, 7) is 2.25. The Morgan fingerprint density at radius 2 is 1.78 bits per heavy atom. The highest BCUT2D eigenvalue weighted by Crippen LogP contribution is 2.25. The first kappa shape index (κ1) is 13.8. The predicted octanol–water partition coefficient (Wildman–Crippen LogP) is 0.354. The van der Waals surface area contributed by atoms with Gasteiger partial charge in [-0.2, -0.15) is 0 Å². The third-order valence-corrected chi connectivity index (χ3v) is 2.23. The highest BCUT2D eigenvalue weighted by molar-refractivity contribution is 6.00. The Labute approximate surface area is 105 Å². The molecule has 0 spiro atoms. The van der Waals surface area contributed by atoms with Crippen LogP contribution < -0.4 is 10.6 Å². The van der Waals surface area contributed by atoms with Crippen molar-refractivity contribution >= 4 is 11.8 Å². The molecule has 6 nitrogen and oxygen atoms in total.